The predicted molar refractivity (Wildman–Crippen MR) is 67.6 cm³/mol. The fourth-order valence-electron chi connectivity index (χ4n) is 2.47. The number of para-hydroxylation sites is 1. The van der Waals surface area contributed by atoms with Crippen molar-refractivity contribution in [1.29, 1.82) is 0 Å². The number of aliphatic hydroxyl groups excluding tert-OH is 1. The lowest BCUT2D eigenvalue weighted by molar-refractivity contribution is 0.129. The Balaban J connectivity index is 1.76. The number of rotatable bonds is 3. The summed E-state index contributed by atoms with van der Waals surface area (Å²) in [4.78, 5) is 0. The van der Waals surface area contributed by atoms with Crippen LogP contribution in [0, 0.1) is 0 Å². The summed E-state index contributed by atoms with van der Waals surface area (Å²) in [5.74, 6) is 0.953. The number of hydrogen-bond donors (Lipinski definition) is 1. The maximum absolute atomic E-state index is 10.3. The molecule has 1 aromatic carbocycles. The number of nitrogens with zero attached hydrogens (tertiary/aromatic N) is 2. The molecule has 2 aromatic rings. The minimum Gasteiger partial charge on any atom is -0.493 e. The molecule has 2 atom stereocenters. The second kappa shape index (κ2) is 4.46. The molecule has 0 aliphatic carbocycles. The summed E-state index contributed by atoms with van der Waals surface area (Å²) in [5, 5.41) is 14.5. The van der Waals surface area contributed by atoms with E-state index in [9.17, 15) is 5.11 Å². The molecule has 94 valence electrons. The van der Waals surface area contributed by atoms with Crippen LogP contribution in [0.15, 0.2) is 36.7 Å². The third-order valence-corrected chi connectivity index (χ3v) is 3.40. The average molecular weight is 244 g/mol. The zero-order chi connectivity index (χ0) is 12.5. The summed E-state index contributed by atoms with van der Waals surface area (Å²) in [6.45, 7) is 0.556. The van der Waals surface area contributed by atoms with Gasteiger partial charge in [-0.2, -0.15) is 5.10 Å². The van der Waals surface area contributed by atoms with Crippen molar-refractivity contribution in [1.82, 2.24) is 9.78 Å². The molecule has 1 aliphatic rings. The minimum absolute atomic E-state index is 0.0569. The Morgan fingerprint density at radius 2 is 2.33 bits per heavy atom. The molecular weight excluding hydrogens is 228 g/mol. The fraction of sp³-hybridized carbons (Fsp3) is 0.357. The Bertz CT molecular complexity index is 550. The highest BCUT2D eigenvalue weighted by atomic mass is 16.5. The van der Waals surface area contributed by atoms with E-state index in [1.807, 2.05) is 37.5 Å². The van der Waals surface area contributed by atoms with Crippen molar-refractivity contribution in [2.45, 2.75) is 18.4 Å². The van der Waals surface area contributed by atoms with Crippen LogP contribution in [0.4, 0.5) is 0 Å². The summed E-state index contributed by atoms with van der Waals surface area (Å²) >= 11 is 0. The van der Waals surface area contributed by atoms with Gasteiger partial charge >= 0.3 is 0 Å². The van der Waals surface area contributed by atoms with E-state index in [1.54, 1.807) is 10.9 Å². The average Bonchev–Trinajstić information content (AvgIpc) is 2.95. The molecule has 4 heteroatoms. The molecule has 1 N–H and O–H groups in total. The van der Waals surface area contributed by atoms with Gasteiger partial charge in [0.25, 0.3) is 0 Å². The zero-order valence-electron chi connectivity index (χ0n) is 10.3. The van der Waals surface area contributed by atoms with E-state index in [1.165, 1.54) is 0 Å². The normalized spacial score (nSPS) is 19.3. The van der Waals surface area contributed by atoms with Crippen molar-refractivity contribution in [3.63, 3.8) is 0 Å². The molecule has 1 aliphatic heterocycles. The molecule has 0 saturated carbocycles. The van der Waals surface area contributed by atoms with Gasteiger partial charge in [-0.05, 0) is 11.6 Å². The second-order valence-corrected chi connectivity index (χ2v) is 4.75. The molecule has 2 heterocycles. The van der Waals surface area contributed by atoms with E-state index in [-0.39, 0.29) is 5.92 Å². The van der Waals surface area contributed by atoms with Crippen LogP contribution in [0.25, 0.3) is 0 Å². The first-order valence-electron chi connectivity index (χ1n) is 6.11. The number of aliphatic hydroxyl groups is 1. The van der Waals surface area contributed by atoms with Gasteiger partial charge in [0.2, 0.25) is 0 Å². The number of aryl methyl sites for hydroxylation is 1. The number of hydrogen-bond acceptors (Lipinski definition) is 3. The summed E-state index contributed by atoms with van der Waals surface area (Å²) < 4.78 is 7.35. The number of ether oxygens (including phenoxy) is 1. The van der Waals surface area contributed by atoms with Crippen molar-refractivity contribution in [2.75, 3.05) is 6.61 Å². The third-order valence-electron chi connectivity index (χ3n) is 3.40. The van der Waals surface area contributed by atoms with E-state index < -0.39 is 6.10 Å². The largest absolute Gasteiger partial charge is 0.493 e. The van der Waals surface area contributed by atoms with Gasteiger partial charge in [0, 0.05) is 31.1 Å². The molecule has 0 bridgehead atoms. The molecule has 0 spiro atoms. The maximum Gasteiger partial charge on any atom is 0.123 e. The van der Waals surface area contributed by atoms with Gasteiger partial charge in [-0.1, -0.05) is 18.2 Å². The van der Waals surface area contributed by atoms with E-state index in [2.05, 4.69) is 5.10 Å². The van der Waals surface area contributed by atoms with Crippen molar-refractivity contribution < 1.29 is 9.84 Å². The second-order valence-electron chi connectivity index (χ2n) is 4.75. The van der Waals surface area contributed by atoms with Crippen LogP contribution in [0.2, 0.25) is 0 Å². The molecule has 3 rings (SSSR count). The van der Waals surface area contributed by atoms with Crippen molar-refractivity contribution in [3.8, 4) is 5.75 Å². The molecule has 2 unspecified atom stereocenters. The number of aromatic nitrogens is 2. The van der Waals surface area contributed by atoms with Gasteiger partial charge in [-0.25, -0.2) is 0 Å². The molecule has 0 amide bonds. The Labute approximate surface area is 106 Å². The molecule has 1 aromatic heterocycles. The molecule has 18 heavy (non-hydrogen) atoms. The molecule has 0 radical (unpaired) electrons. The Kier molecular flexibility index (Phi) is 2.80. The quantitative estimate of drug-likeness (QED) is 0.890. The van der Waals surface area contributed by atoms with Crippen LogP contribution in [0.5, 0.6) is 5.75 Å². The van der Waals surface area contributed by atoms with E-state index >= 15 is 0 Å². The number of benzene rings is 1. The van der Waals surface area contributed by atoms with Crippen LogP contribution in [0.3, 0.4) is 0 Å². The summed E-state index contributed by atoms with van der Waals surface area (Å²) in [5.41, 5.74) is 2.16. The first-order valence-corrected chi connectivity index (χ1v) is 6.11. The maximum atomic E-state index is 10.3. The van der Waals surface area contributed by atoms with E-state index in [0.29, 0.717) is 13.0 Å². The zero-order valence-corrected chi connectivity index (χ0v) is 10.3. The third kappa shape index (κ3) is 1.99. The summed E-state index contributed by atoms with van der Waals surface area (Å²) in [6, 6.07) is 7.91. The van der Waals surface area contributed by atoms with Crippen molar-refractivity contribution >= 4 is 0 Å². The number of fused-ring (bicyclic) bond motifs is 1. The highest BCUT2D eigenvalue weighted by Gasteiger charge is 2.30. The molecular formula is C14H16N2O2. The van der Waals surface area contributed by atoms with Gasteiger partial charge < -0.3 is 9.84 Å². The van der Waals surface area contributed by atoms with Gasteiger partial charge in [-0.15, -0.1) is 0 Å². The SMILES string of the molecule is Cn1cc(CC(O)C2COc3ccccc32)cn1. The standard InChI is InChI=1S/C14H16N2O2/c1-16-8-10(7-15-16)6-13(17)12-9-18-14-5-3-2-4-11(12)14/h2-5,7-8,12-13,17H,6,9H2,1H3. The lowest BCUT2D eigenvalue weighted by Gasteiger charge is -2.16. The van der Waals surface area contributed by atoms with Gasteiger partial charge in [0.1, 0.15) is 5.75 Å². The van der Waals surface area contributed by atoms with Crippen LogP contribution < -0.4 is 4.74 Å². The van der Waals surface area contributed by atoms with Crippen LogP contribution in [-0.4, -0.2) is 27.6 Å². The lowest BCUT2D eigenvalue weighted by atomic mass is 9.92. The summed E-state index contributed by atoms with van der Waals surface area (Å²) in [7, 11) is 1.88. The smallest absolute Gasteiger partial charge is 0.123 e. The molecule has 0 fully saturated rings. The predicted octanol–water partition coefficient (Wildman–Crippen LogP) is 1.50. The first-order chi connectivity index (χ1) is 8.74. The molecule has 0 saturated heterocycles. The minimum atomic E-state index is -0.433. The van der Waals surface area contributed by atoms with Gasteiger partial charge in [-0.3, -0.25) is 4.68 Å². The highest BCUT2D eigenvalue weighted by Crippen LogP contribution is 2.36. The van der Waals surface area contributed by atoms with Crippen LogP contribution >= 0.6 is 0 Å². The van der Waals surface area contributed by atoms with E-state index in [0.717, 1.165) is 16.9 Å². The summed E-state index contributed by atoms with van der Waals surface area (Å²) in [6.07, 6.45) is 3.91. The van der Waals surface area contributed by atoms with Crippen molar-refractivity contribution in [3.05, 3.63) is 47.8 Å². The van der Waals surface area contributed by atoms with Crippen molar-refractivity contribution in [2.24, 2.45) is 7.05 Å². The first kappa shape index (κ1) is 11.3. The van der Waals surface area contributed by atoms with Gasteiger partial charge in [0.15, 0.2) is 0 Å². The topological polar surface area (TPSA) is 47.3 Å². The fourth-order valence-corrected chi connectivity index (χ4v) is 2.47. The van der Waals surface area contributed by atoms with Gasteiger partial charge in [0.05, 0.1) is 18.9 Å². The lowest BCUT2D eigenvalue weighted by Crippen LogP contribution is -2.22. The highest BCUT2D eigenvalue weighted by molar-refractivity contribution is 5.40. The Hall–Kier alpha value is -1.81. The Morgan fingerprint density at radius 1 is 1.50 bits per heavy atom. The molecule has 4 nitrogen and oxygen atoms in total. The van der Waals surface area contributed by atoms with Crippen LogP contribution in [-0.2, 0) is 13.5 Å². The van der Waals surface area contributed by atoms with Crippen LogP contribution in [0.1, 0.15) is 17.0 Å². The monoisotopic (exact) mass is 244 g/mol. The Morgan fingerprint density at radius 3 is 3.11 bits per heavy atom. The van der Waals surface area contributed by atoms with E-state index in [4.69, 9.17) is 4.74 Å².